The van der Waals surface area contributed by atoms with Gasteiger partial charge in [0.2, 0.25) is 11.8 Å². The lowest BCUT2D eigenvalue weighted by Gasteiger charge is -2.32. The van der Waals surface area contributed by atoms with Gasteiger partial charge in [0.1, 0.15) is 0 Å². The first-order valence-corrected chi connectivity index (χ1v) is 10.5. The van der Waals surface area contributed by atoms with Gasteiger partial charge in [-0.3, -0.25) is 9.69 Å². The molecule has 2 aromatic heterocycles. The lowest BCUT2D eigenvalue weighted by atomic mass is 10.0. The van der Waals surface area contributed by atoms with Crippen LogP contribution >= 0.6 is 0 Å². The minimum atomic E-state index is 0.107. The van der Waals surface area contributed by atoms with E-state index in [1.807, 2.05) is 12.1 Å². The number of nitrogens with zero attached hydrogens (tertiary/aromatic N) is 5. The van der Waals surface area contributed by atoms with Crippen LogP contribution in [0.2, 0.25) is 0 Å². The molecule has 0 spiro atoms. The number of aromatic nitrogens is 4. The van der Waals surface area contributed by atoms with Crippen molar-refractivity contribution in [2.45, 2.75) is 44.7 Å². The van der Waals surface area contributed by atoms with E-state index in [1.54, 1.807) is 17.7 Å². The Bertz CT molecular complexity index is 966. The highest BCUT2D eigenvalue weighted by Gasteiger charge is 2.20. The summed E-state index contributed by atoms with van der Waals surface area (Å²) in [5, 5.41) is 15.8. The number of carbonyl (C=O) groups excluding carboxylic acids is 1. The molecule has 0 saturated carbocycles. The quantitative estimate of drug-likeness (QED) is 0.615. The van der Waals surface area contributed by atoms with Crippen LogP contribution in [0.3, 0.4) is 0 Å². The number of piperidine rings is 1. The Hall–Kier alpha value is -3.00. The van der Waals surface area contributed by atoms with Gasteiger partial charge in [0.15, 0.2) is 11.5 Å². The Morgan fingerprint density at radius 3 is 2.70 bits per heavy atom. The molecule has 158 valence electrons. The number of likely N-dealkylation sites (tertiary alicyclic amines) is 1. The molecule has 1 N–H and O–H groups in total. The predicted molar refractivity (Wildman–Crippen MR) is 113 cm³/mol. The number of hydrogen-bond donors (Lipinski definition) is 1. The second-order valence-corrected chi connectivity index (χ2v) is 7.72. The van der Waals surface area contributed by atoms with Gasteiger partial charge in [-0.25, -0.2) is 0 Å². The van der Waals surface area contributed by atoms with Gasteiger partial charge < -0.3 is 10.1 Å². The van der Waals surface area contributed by atoms with Crippen LogP contribution < -0.4 is 10.1 Å². The van der Waals surface area contributed by atoms with E-state index in [1.165, 1.54) is 5.56 Å². The lowest BCUT2D eigenvalue weighted by molar-refractivity contribution is -0.122. The zero-order valence-corrected chi connectivity index (χ0v) is 17.3. The summed E-state index contributed by atoms with van der Waals surface area (Å²) in [5.74, 6) is 1.36. The van der Waals surface area contributed by atoms with Crippen LogP contribution in [0.25, 0.3) is 5.65 Å². The van der Waals surface area contributed by atoms with E-state index in [-0.39, 0.29) is 11.9 Å². The van der Waals surface area contributed by atoms with Gasteiger partial charge in [0.05, 0.1) is 7.11 Å². The summed E-state index contributed by atoms with van der Waals surface area (Å²) in [6, 6.07) is 14.4. The van der Waals surface area contributed by atoms with Crippen molar-refractivity contribution in [2.75, 3.05) is 20.2 Å². The summed E-state index contributed by atoms with van der Waals surface area (Å²) in [4.78, 5) is 14.8. The topological polar surface area (TPSA) is 84.6 Å². The standard InChI is InChI=1S/C22H28N6O2/c1-30-22-11-10-20-25-24-19(28(20)26-22)8-5-9-21(29)23-18-12-14-27(15-13-18)16-17-6-3-2-4-7-17/h2-4,6-7,10-11,18H,5,8-9,12-16H2,1H3,(H,23,29). The maximum atomic E-state index is 12.4. The number of methoxy groups -OCH3 is 1. The first-order chi connectivity index (χ1) is 14.7. The minimum Gasteiger partial charge on any atom is -0.480 e. The van der Waals surface area contributed by atoms with Crippen molar-refractivity contribution in [1.82, 2.24) is 30.0 Å². The first-order valence-electron chi connectivity index (χ1n) is 10.5. The van der Waals surface area contributed by atoms with Crippen molar-refractivity contribution < 1.29 is 9.53 Å². The van der Waals surface area contributed by atoms with E-state index in [9.17, 15) is 4.79 Å². The largest absolute Gasteiger partial charge is 0.480 e. The number of rotatable bonds is 8. The number of hydrogen-bond acceptors (Lipinski definition) is 6. The van der Waals surface area contributed by atoms with Crippen molar-refractivity contribution in [3.8, 4) is 5.88 Å². The lowest BCUT2D eigenvalue weighted by Crippen LogP contribution is -2.44. The van der Waals surface area contributed by atoms with Crippen LogP contribution in [-0.4, -0.2) is 56.9 Å². The molecule has 1 fully saturated rings. The van der Waals surface area contributed by atoms with E-state index in [2.05, 4.69) is 49.8 Å². The predicted octanol–water partition coefficient (Wildman–Crippen LogP) is 2.24. The highest BCUT2D eigenvalue weighted by Crippen LogP contribution is 2.15. The first kappa shape index (κ1) is 20.3. The van der Waals surface area contributed by atoms with E-state index >= 15 is 0 Å². The zero-order valence-electron chi connectivity index (χ0n) is 17.3. The van der Waals surface area contributed by atoms with E-state index in [4.69, 9.17) is 4.74 Å². The Morgan fingerprint density at radius 2 is 1.93 bits per heavy atom. The Kier molecular flexibility index (Phi) is 6.53. The number of benzene rings is 1. The fourth-order valence-corrected chi connectivity index (χ4v) is 3.87. The molecule has 0 aliphatic carbocycles. The fourth-order valence-electron chi connectivity index (χ4n) is 3.87. The van der Waals surface area contributed by atoms with Gasteiger partial charge in [-0.15, -0.1) is 15.3 Å². The third kappa shape index (κ3) is 5.13. The highest BCUT2D eigenvalue weighted by atomic mass is 16.5. The Labute approximate surface area is 176 Å². The number of nitrogens with one attached hydrogen (secondary N) is 1. The molecule has 0 bridgehead atoms. The molecular weight excluding hydrogens is 380 g/mol. The number of aryl methyl sites for hydroxylation is 1. The minimum absolute atomic E-state index is 0.107. The third-order valence-corrected chi connectivity index (χ3v) is 5.52. The van der Waals surface area contributed by atoms with Crippen molar-refractivity contribution >= 4 is 11.6 Å². The average molecular weight is 409 g/mol. The van der Waals surface area contributed by atoms with Gasteiger partial charge in [0, 0.05) is 44.6 Å². The second-order valence-electron chi connectivity index (χ2n) is 7.72. The van der Waals surface area contributed by atoms with Crippen molar-refractivity contribution in [3.63, 3.8) is 0 Å². The Morgan fingerprint density at radius 1 is 1.13 bits per heavy atom. The highest BCUT2D eigenvalue weighted by molar-refractivity contribution is 5.76. The Balaban J connectivity index is 1.19. The summed E-state index contributed by atoms with van der Waals surface area (Å²) in [6.45, 7) is 3.00. The SMILES string of the molecule is COc1ccc2nnc(CCCC(=O)NC3CCN(Cc4ccccc4)CC3)n2n1. The van der Waals surface area contributed by atoms with Gasteiger partial charge >= 0.3 is 0 Å². The van der Waals surface area contributed by atoms with Crippen LogP contribution in [0, 0.1) is 0 Å². The molecule has 4 rings (SSSR count). The van der Waals surface area contributed by atoms with E-state index in [0.717, 1.165) is 38.3 Å². The molecule has 3 heterocycles. The van der Waals surface area contributed by atoms with Gasteiger partial charge in [-0.05, 0) is 30.9 Å². The number of amides is 1. The molecule has 1 aliphatic rings. The molecule has 0 unspecified atom stereocenters. The van der Waals surface area contributed by atoms with Crippen molar-refractivity contribution in [3.05, 3.63) is 53.9 Å². The molecule has 30 heavy (non-hydrogen) atoms. The maximum absolute atomic E-state index is 12.4. The van der Waals surface area contributed by atoms with Gasteiger partial charge in [0.25, 0.3) is 0 Å². The van der Waals surface area contributed by atoms with Crippen LogP contribution in [0.15, 0.2) is 42.5 Å². The fraction of sp³-hybridized carbons (Fsp3) is 0.455. The van der Waals surface area contributed by atoms with Crippen molar-refractivity contribution in [2.24, 2.45) is 0 Å². The molecule has 0 radical (unpaired) electrons. The van der Waals surface area contributed by atoms with Crippen LogP contribution in [-0.2, 0) is 17.8 Å². The van der Waals surface area contributed by atoms with Crippen LogP contribution in [0.5, 0.6) is 5.88 Å². The van der Waals surface area contributed by atoms with Crippen molar-refractivity contribution in [1.29, 1.82) is 0 Å². The van der Waals surface area contributed by atoms with Crippen LogP contribution in [0.1, 0.15) is 37.1 Å². The third-order valence-electron chi connectivity index (χ3n) is 5.52. The second kappa shape index (κ2) is 9.67. The molecule has 8 nitrogen and oxygen atoms in total. The summed E-state index contributed by atoms with van der Waals surface area (Å²) in [5.41, 5.74) is 2.02. The molecule has 0 atom stereocenters. The monoisotopic (exact) mass is 408 g/mol. The zero-order chi connectivity index (χ0) is 20.8. The normalized spacial score (nSPS) is 15.4. The molecule has 1 aliphatic heterocycles. The summed E-state index contributed by atoms with van der Waals surface area (Å²) in [6.07, 6.45) is 3.82. The molecular formula is C22H28N6O2. The molecule has 1 amide bonds. The molecule has 3 aromatic rings. The number of fused-ring (bicyclic) bond motifs is 1. The molecule has 8 heteroatoms. The average Bonchev–Trinajstić information content (AvgIpc) is 3.18. The smallest absolute Gasteiger partial charge is 0.231 e. The maximum Gasteiger partial charge on any atom is 0.231 e. The summed E-state index contributed by atoms with van der Waals surface area (Å²) >= 11 is 0. The van der Waals surface area contributed by atoms with Gasteiger partial charge in [-0.2, -0.15) is 4.52 Å². The number of ether oxygens (including phenoxy) is 1. The number of carbonyl (C=O) groups is 1. The van der Waals surface area contributed by atoms with Gasteiger partial charge in [-0.1, -0.05) is 30.3 Å². The molecule has 1 saturated heterocycles. The van der Waals surface area contributed by atoms with E-state index < -0.39 is 0 Å². The molecule has 1 aromatic carbocycles. The van der Waals surface area contributed by atoms with E-state index in [0.29, 0.717) is 30.8 Å². The van der Waals surface area contributed by atoms with Crippen LogP contribution in [0.4, 0.5) is 0 Å². The summed E-state index contributed by atoms with van der Waals surface area (Å²) < 4.78 is 6.84. The summed E-state index contributed by atoms with van der Waals surface area (Å²) in [7, 11) is 1.58.